The van der Waals surface area contributed by atoms with Crippen LogP contribution in [0, 0.1) is 11.7 Å². The Morgan fingerprint density at radius 1 is 1.03 bits per heavy atom. The number of piperidine rings is 1. The highest BCUT2D eigenvalue weighted by Crippen LogP contribution is 2.31. The molecule has 4 aromatic rings. The van der Waals surface area contributed by atoms with Gasteiger partial charge in [-0.15, -0.1) is 0 Å². The second-order valence-corrected chi connectivity index (χ2v) is 9.97. The van der Waals surface area contributed by atoms with Crippen LogP contribution in [0.25, 0.3) is 33.4 Å². The molecule has 39 heavy (non-hydrogen) atoms. The molecule has 0 aliphatic carbocycles. The predicted molar refractivity (Wildman–Crippen MR) is 143 cm³/mol. The molecular weight excluding hydrogens is 510 g/mol. The van der Waals surface area contributed by atoms with Gasteiger partial charge >= 0.3 is 6.18 Å². The van der Waals surface area contributed by atoms with Crippen molar-refractivity contribution in [2.45, 2.75) is 32.0 Å². The average Bonchev–Trinajstić information content (AvgIpc) is 2.93. The van der Waals surface area contributed by atoms with Crippen molar-refractivity contribution in [1.82, 2.24) is 14.5 Å². The summed E-state index contributed by atoms with van der Waals surface area (Å²) in [5.41, 5.74) is 2.22. The molecule has 0 saturated carbocycles. The SMILES string of the molecule is COc1ccccc1-c1nc2ccc(-c3cccc(F)c3)cc2c(=O)n1CC1CCCN(CCC(F)(F)F)C1. The number of hydrogen-bond donors (Lipinski definition) is 0. The molecule has 0 amide bonds. The molecule has 1 fully saturated rings. The van der Waals surface area contributed by atoms with Crippen LogP contribution in [-0.2, 0) is 6.54 Å². The van der Waals surface area contributed by atoms with E-state index in [2.05, 4.69) is 0 Å². The molecule has 3 aromatic carbocycles. The number of aromatic nitrogens is 2. The van der Waals surface area contributed by atoms with Crippen LogP contribution in [0.4, 0.5) is 17.6 Å². The number of nitrogens with zero attached hydrogens (tertiary/aromatic N) is 3. The quantitative estimate of drug-likeness (QED) is 0.250. The van der Waals surface area contributed by atoms with Crippen LogP contribution in [0.2, 0.25) is 0 Å². The van der Waals surface area contributed by atoms with E-state index in [0.717, 1.165) is 12.8 Å². The number of likely N-dealkylation sites (tertiary alicyclic amines) is 1. The molecule has 1 atom stereocenters. The summed E-state index contributed by atoms with van der Waals surface area (Å²) in [4.78, 5) is 20.7. The van der Waals surface area contributed by atoms with E-state index < -0.39 is 12.6 Å². The summed E-state index contributed by atoms with van der Waals surface area (Å²) in [5.74, 6) is 0.603. The molecule has 0 spiro atoms. The third-order valence-electron chi connectivity index (χ3n) is 7.22. The Bertz CT molecular complexity index is 1530. The number of halogens is 4. The lowest BCUT2D eigenvalue weighted by atomic mass is 9.97. The van der Waals surface area contributed by atoms with Crippen LogP contribution in [-0.4, -0.2) is 47.4 Å². The molecular formula is C30H29F4N3O2. The van der Waals surface area contributed by atoms with Gasteiger partial charge in [0, 0.05) is 19.6 Å². The number of ether oxygens (including phenoxy) is 1. The third-order valence-corrected chi connectivity index (χ3v) is 7.22. The molecule has 1 aromatic heterocycles. The fraction of sp³-hybridized carbons (Fsp3) is 0.333. The molecule has 0 bridgehead atoms. The van der Waals surface area contributed by atoms with Crippen LogP contribution >= 0.6 is 0 Å². The van der Waals surface area contributed by atoms with E-state index in [-0.39, 0.29) is 23.8 Å². The zero-order chi connectivity index (χ0) is 27.6. The second kappa shape index (κ2) is 11.2. The summed E-state index contributed by atoms with van der Waals surface area (Å²) in [6.07, 6.45) is -3.51. The molecule has 204 valence electrons. The Labute approximate surface area is 223 Å². The molecule has 1 aliphatic heterocycles. The highest BCUT2D eigenvalue weighted by atomic mass is 19.4. The molecule has 2 heterocycles. The molecule has 1 unspecified atom stereocenters. The number of hydrogen-bond acceptors (Lipinski definition) is 4. The van der Waals surface area contributed by atoms with Gasteiger partial charge in [0.25, 0.3) is 5.56 Å². The monoisotopic (exact) mass is 539 g/mol. The lowest BCUT2D eigenvalue weighted by molar-refractivity contribution is -0.138. The van der Waals surface area contributed by atoms with Crippen molar-refractivity contribution < 1.29 is 22.3 Å². The first-order chi connectivity index (χ1) is 18.7. The van der Waals surface area contributed by atoms with Crippen LogP contribution in [0.5, 0.6) is 5.75 Å². The first-order valence-corrected chi connectivity index (χ1v) is 12.9. The Kier molecular flexibility index (Phi) is 7.70. The molecule has 1 saturated heterocycles. The van der Waals surface area contributed by atoms with Crippen molar-refractivity contribution in [3.8, 4) is 28.3 Å². The van der Waals surface area contributed by atoms with Gasteiger partial charge in [0.2, 0.25) is 0 Å². The highest BCUT2D eigenvalue weighted by Gasteiger charge is 2.30. The van der Waals surface area contributed by atoms with Crippen molar-refractivity contribution in [1.29, 1.82) is 0 Å². The predicted octanol–water partition coefficient (Wildman–Crippen LogP) is 6.54. The fourth-order valence-electron chi connectivity index (χ4n) is 5.32. The van der Waals surface area contributed by atoms with Gasteiger partial charge in [-0.25, -0.2) is 9.37 Å². The molecule has 0 radical (unpaired) electrons. The standard InChI is InChI=1S/C30H29F4N3O2/c1-39-27-10-3-2-9-24(27)28-35-26-12-11-22(21-7-4-8-23(31)16-21)17-25(26)29(38)37(28)19-20-6-5-14-36(18-20)15-13-30(32,33)34/h2-4,7-12,16-17,20H,5-6,13-15,18-19H2,1H3. The van der Waals surface area contributed by atoms with Crippen molar-refractivity contribution in [2.75, 3.05) is 26.7 Å². The zero-order valence-electron chi connectivity index (χ0n) is 21.5. The van der Waals surface area contributed by atoms with Crippen molar-refractivity contribution in [3.05, 3.63) is 82.9 Å². The highest BCUT2D eigenvalue weighted by molar-refractivity contribution is 5.85. The fourth-order valence-corrected chi connectivity index (χ4v) is 5.32. The summed E-state index contributed by atoms with van der Waals surface area (Å²) in [7, 11) is 1.55. The van der Waals surface area contributed by atoms with Crippen molar-refractivity contribution in [3.63, 3.8) is 0 Å². The zero-order valence-corrected chi connectivity index (χ0v) is 21.5. The maximum atomic E-state index is 14.0. The Hall–Kier alpha value is -3.72. The van der Waals surface area contributed by atoms with E-state index >= 15 is 0 Å². The lowest BCUT2D eigenvalue weighted by Gasteiger charge is -2.33. The van der Waals surface area contributed by atoms with Gasteiger partial charge < -0.3 is 9.64 Å². The molecule has 0 N–H and O–H groups in total. The second-order valence-electron chi connectivity index (χ2n) is 9.97. The van der Waals surface area contributed by atoms with E-state index in [4.69, 9.17) is 9.72 Å². The van der Waals surface area contributed by atoms with E-state index in [0.29, 0.717) is 58.8 Å². The van der Waals surface area contributed by atoms with Crippen LogP contribution < -0.4 is 10.3 Å². The maximum absolute atomic E-state index is 14.0. The number of fused-ring (bicyclic) bond motifs is 1. The van der Waals surface area contributed by atoms with Gasteiger partial charge in [-0.1, -0.05) is 30.3 Å². The first kappa shape index (κ1) is 26.9. The Morgan fingerprint density at radius 2 is 1.82 bits per heavy atom. The lowest BCUT2D eigenvalue weighted by Crippen LogP contribution is -2.40. The summed E-state index contributed by atoms with van der Waals surface area (Å²) in [6, 6.07) is 18.7. The van der Waals surface area contributed by atoms with E-state index in [1.165, 1.54) is 12.1 Å². The number of alkyl halides is 3. The molecule has 5 nitrogen and oxygen atoms in total. The van der Waals surface area contributed by atoms with Gasteiger partial charge in [-0.2, -0.15) is 13.2 Å². The Morgan fingerprint density at radius 3 is 2.59 bits per heavy atom. The smallest absolute Gasteiger partial charge is 0.390 e. The minimum Gasteiger partial charge on any atom is -0.496 e. The van der Waals surface area contributed by atoms with Crippen molar-refractivity contribution in [2.24, 2.45) is 5.92 Å². The molecule has 5 rings (SSSR count). The topological polar surface area (TPSA) is 47.4 Å². The van der Waals surface area contributed by atoms with Gasteiger partial charge in [-0.3, -0.25) is 9.36 Å². The summed E-state index contributed by atoms with van der Waals surface area (Å²) in [6.45, 7) is 1.33. The van der Waals surface area contributed by atoms with Crippen LogP contribution in [0.1, 0.15) is 19.3 Å². The van der Waals surface area contributed by atoms with E-state index in [1.807, 2.05) is 23.1 Å². The Balaban J connectivity index is 1.57. The van der Waals surface area contributed by atoms with E-state index in [1.54, 1.807) is 48.1 Å². The average molecular weight is 540 g/mol. The van der Waals surface area contributed by atoms with Crippen LogP contribution in [0.15, 0.2) is 71.5 Å². The van der Waals surface area contributed by atoms with Gasteiger partial charge in [-0.05, 0) is 72.8 Å². The van der Waals surface area contributed by atoms with Gasteiger partial charge in [0.1, 0.15) is 17.4 Å². The van der Waals surface area contributed by atoms with Gasteiger partial charge in [0.05, 0.1) is 30.0 Å². The largest absolute Gasteiger partial charge is 0.496 e. The van der Waals surface area contributed by atoms with Crippen LogP contribution in [0.3, 0.4) is 0 Å². The minimum absolute atomic E-state index is 0.0243. The number of rotatable bonds is 7. The maximum Gasteiger partial charge on any atom is 0.390 e. The number of para-hydroxylation sites is 1. The summed E-state index contributed by atoms with van der Waals surface area (Å²) < 4.78 is 59.6. The summed E-state index contributed by atoms with van der Waals surface area (Å²) >= 11 is 0. The van der Waals surface area contributed by atoms with Crippen molar-refractivity contribution >= 4 is 10.9 Å². The molecule has 9 heteroatoms. The molecule has 1 aliphatic rings. The first-order valence-electron chi connectivity index (χ1n) is 12.9. The van der Waals surface area contributed by atoms with E-state index in [9.17, 15) is 22.4 Å². The van der Waals surface area contributed by atoms with Gasteiger partial charge in [0.15, 0.2) is 0 Å². The normalized spacial score (nSPS) is 16.5. The number of methoxy groups -OCH3 is 1. The third kappa shape index (κ3) is 6.14. The number of benzene rings is 3. The minimum atomic E-state index is -4.21. The summed E-state index contributed by atoms with van der Waals surface area (Å²) in [5, 5.41) is 0.389.